The normalized spacial score (nSPS) is 17.9. The van der Waals surface area contributed by atoms with E-state index >= 15 is 0 Å². The quantitative estimate of drug-likeness (QED) is 0.196. The molecule has 0 aromatic heterocycles. The number of hydrogen-bond acceptors (Lipinski definition) is 7. The second-order valence-corrected chi connectivity index (χ2v) is 11.1. The van der Waals surface area contributed by atoms with Crippen LogP contribution in [0.3, 0.4) is 0 Å². The molecule has 0 radical (unpaired) electrons. The third-order valence-corrected chi connectivity index (χ3v) is 8.04. The molecule has 0 bridgehead atoms. The van der Waals surface area contributed by atoms with Gasteiger partial charge in [-0.2, -0.15) is 0 Å². The molecule has 1 aliphatic heterocycles. The molecular weight excluding hydrogens is 516 g/mol. The largest absolute Gasteiger partial charge is 0.481 e. The summed E-state index contributed by atoms with van der Waals surface area (Å²) in [6.07, 6.45) is 10.5. The number of aliphatic carboxylic acids is 1. The number of hydrogen-bond donors (Lipinski definition) is 4. The van der Waals surface area contributed by atoms with E-state index in [2.05, 4.69) is 16.0 Å². The van der Waals surface area contributed by atoms with Gasteiger partial charge in [-0.1, -0.05) is 32.1 Å². The molecule has 0 spiro atoms. The minimum Gasteiger partial charge on any atom is -0.481 e. The molecular formula is C29H50N4O7. The Hall–Kier alpha value is -2.69. The SMILES string of the molecule is CCOC(=O)C(CCC1CCCCC1)NC(=O)C(CC(=O)O)NC(=O)CN(CC)C(=O)CCCC1CCNCC1. The predicted molar refractivity (Wildman–Crippen MR) is 150 cm³/mol. The summed E-state index contributed by atoms with van der Waals surface area (Å²) in [6, 6.07) is -2.30. The Morgan fingerprint density at radius 2 is 1.60 bits per heavy atom. The summed E-state index contributed by atoms with van der Waals surface area (Å²) in [6.45, 7) is 5.67. The van der Waals surface area contributed by atoms with E-state index in [0.717, 1.165) is 70.9 Å². The van der Waals surface area contributed by atoms with Crippen LogP contribution >= 0.6 is 0 Å². The van der Waals surface area contributed by atoms with Crippen molar-refractivity contribution >= 4 is 29.7 Å². The molecule has 2 unspecified atom stereocenters. The first kappa shape index (κ1) is 33.5. The number of carbonyl (C=O) groups excluding carboxylic acids is 4. The van der Waals surface area contributed by atoms with E-state index in [1.807, 2.05) is 0 Å². The maximum Gasteiger partial charge on any atom is 0.328 e. The van der Waals surface area contributed by atoms with Crippen LogP contribution in [0.1, 0.15) is 97.3 Å². The lowest BCUT2D eigenvalue weighted by Gasteiger charge is -2.26. The Morgan fingerprint density at radius 3 is 2.23 bits per heavy atom. The molecule has 1 saturated heterocycles. The molecule has 3 amide bonds. The lowest BCUT2D eigenvalue weighted by Crippen LogP contribution is -2.54. The van der Waals surface area contributed by atoms with Gasteiger partial charge in [-0.25, -0.2) is 4.79 Å². The smallest absolute Gasteiger partial charge is 0.328 e. The molecule has 11 nitrogen and oxygen atoms in total. The van der Waals surface area contributed by atoms with Crippen LogP contribution in [-0.2, 0) is 28.7 Å². The summed E-state index contributed by atoms with van der Waals surface area (Å²) >= 11 is 0. The third-order valence-electron chi connectivity index (χ3n) is 8.04. The van der Waals surface area contributed by atoms with Gasteiger partial charge >= 0.3 is 11.9 Å². The Kier molecular flexibility index (Phi) is 15.6. The van der Waals surface area contributed by atoms with E-state index < -0.39 is 42.3 Å². The summed E-state index contributed by atoms with van der Waals surface area (Å²) in [5.74, 6) is -2.26. The number of likely N-dealkylation sites (N-methyl/N-ethyl adjacent to an activating group) is 1. The van der Waals surface area contributed by atoms with Gasteiger partial charge in [0, 0.05) is 13.0 Å². The standard InChI is InChI=1S/C29H50N4O7/c1-3-33(26(35)12-8-11-22-15-17-30-18-16-22)20-25(34)31-24(19-27(36)37)28(38)32-23(29(39)40-4-2)14-13-21-9-6-5-7-10-21/h21-24,30H,3-20H2,1-2H3,(H,31,34)(H,32,38)(H,36,37). The first-order chi connectivity index (χ1) is 19.2. The van der Waals surface area contributed by atoms with Crippen molar-refractivity contribution in [2.45, 2.75) is 109 Å². The molecule has 0 aromatic rings. The molecule has 1 saturated carbocycles. The Morgan fingerprint density at radius 1 is 0.925 bits per heavy atom. The molecule has 11 heteroatoms. The number of carboxylic acid groups (broad SMARTS) is 1. The highest BCUT2D eigenvalue weighted by Gasteiger charge is 2.30. The summed E-state index contributed by atoms with van der Waals surface area (Å²) in [5.41, 5.74) is 0. The van der Waals surface area contributed by atoms with Crippen molar-refractivity contribution in [1.82, 2.24) is 20.9 Å². The van der Waals surface area contributed by atoms with Crippen LogP contribution in [0, 0.1) is 11.8 Å². The predicted octanol–water partition coefficient (Wildman–Crippen LogP) is 2.37. The molecule has 2 aliphatic rings. The number of ether oxygens (including phenoxy) is 1. The van der Waals surface area contributed by atoms with Crippen LogP contribution in [0.5, 0.6) is 0 Å². The Bertz CT molecular complexity index is 825. The lowest BCUT2D eigenvalue weighted by molar-refractivity contribution is -0.148. The van der Waals surface area contributed by atoms with Gasteiger partial charge in [0.05, 0.1) is 19.6 Å². The molecule has 4 N–H and O–H groups in total. The van der Waals surface area contributed by atoms with Gasteiger partial charge < -0.3 is 30.7 Å². The van der Waals surface area contributed by atoms with Crippen LogP contribution < -0.4 is 16.0 Å². The van der Waals surface area contributed by atoms with E-state index in [4.69, 9.17) is 4.74 Å². The van der Waals surface area contributed by atoms with Crippen molar-refractivity contribution in [3.63, 3.8) is 0 Å². The van der Waals surface area contributed by atoms with Gasteiger partial charge in [0.2, 0.25) is 17.7 Å². The number of rotatable bonds is 17. The number of carboxylic acids is 1. The summed E-state index contributed by atoms with van der Waals surface area (Å²) in [5, 5.41) is 17.8. The van der Waals surface area contributed by atoms with Crippen molar-refractivity contribution in [3.8, 4) is 0 Å². The second-order valence-electron chi connectivity index (χ2n) is 11.1. The summed E-state index contributed by atoms with van der Waals surface area (Å²) in [4.78, 5) is 64.1. The Labute approximate surface area is 238 Å². The molecule has 1 aliphatic carbocycles. The highest BCUT2D eigenvalue weighted by molar-refractivity contribution is 5.94. The minimum atomic E-state index is -1.38. The fourth-order valence-corrected chi connectivity index (χ4v) is 5.69. The highest BCUT2D eigenvalue weighted by Crippen LogP contribution is 2.28. The van der Waals surface area contributed by atoms with Crippen LogP contribution in [0.2, 0.25) is 0 Å². The molecule has 2 fully saturated rings. The van der Waals surface area contributed by atoms with Crippen LogP contribution in [0.15, 0.2) is 0 Å². The first-order valence-electron chi connectivity index (χ1n) is 15.2. The van der Waals surface area contributed by atoms with Gasteiger partial charge in [-0.15, -0.1) is 0 Å². The van der Waals surface area contributed by atoms with E-state index in [1.165, 1.54) is 11.3 Å². The zero-order chi connectivity index (χ0) is 29.3. The van der Waals surface area contributed by atoms with Crippen LogP contribution in [-0.4, -0.2) is 84.5 Å². The maximum atomic E-state index is 13.1. The zero-order valence-electron chi connectivity index (χ0n) is 24.4. The first-order valence-corrected chi connectivity index (χ1v) is 15.2. The maximum absolute atomic E-state index is 13.1. The van der Waals surface area contributed by atoms with Gasteiger partial charge in [0.25, 0.3) is 0 Å². The van der Waals surface area contributed by atoms with Crippen molar-refractivity contribution in [3.05, 3.63) is 0 Å². The van der Waals surface area contributed by atoms with E-state index in [-0.39, 0.29) is 19.1 Å². The molecule has 2 atom stereocenters. The summed E-state index contributed by atoms with van der Waals surface area (Å²) in [7, 11) is 0. The molecule has 40 heavy (non-hydrogen) atoms. The van der Waals surface area contributed by atoms with E-state index in [1.54, 1.807) is 13.8 Å². The topological polar surface area (TPSA) is 154 Å². The highest BCUT2D eigenvalue weighted by atomic mass is 16.5. The average molecular weight is 567 g/mol. The number of piperidine rings is 1. The van der Waals surface area contributed by atoms with Gasteiger partial charge in [0.15, 0.2) is 0 Å². The lowest BCUT2D eigenvalue weighted by atomic mass is 9.85. The molecule has 0 aromatic carbocycles. The van der Waals surface area contributed by atoms with Gasteiger partial charge in [-0.05, 0) is 77.3 Å². The molecule has 228 valence electrons. The van der Waals surface area contributed by atoms with Gasteiger partial charge in [0.1, 0.15) is 12.1 Å². The Balaban J connectivity index is 1.92. The zero-order valence-corrected chi connectivity index (χ0v) is 24.4. The van der Waals surface area contributed by atoms with Crippen LogP contribution in [0.25, 0.3) is 0 Å². The fourth-order valence-electron chi connectivity index (χ4n) is 5.69. The molecule has 1 heterocycles. The van der Waals surface area contributed by atoms with E-state index in [0.29, 0.717) is 31.2 Å². The average Bonchev–Trinajstić information content (AvgIpc) is 2.94. The van der Waals surface area contributed by atoms with Gasteiger partial charge in [-0.3, -0.25) is 19.2 Å². The molecule has 2 rings (SSSR count). The summed E-state index contributed by atoms with van der Waals surface area (Å²) < 4.78 is 5.15. The number of nitrogens with one attached hydrogen (secondary N) is 3. The van der Waals surface area contributed by atoms with Crippen molar-refractivity contribution < 1.29 is 33.8 Å². The number of nitrogens with zero attached hydrogens (tertiary/aromatic N) is 1. The number of carbonyl (C=O) groups is 5. The number of esters is 1. The second kappa shape index (κ2) is 18.6. The monoisotopic (exact) mass is 566 g/mol. The van der Waals surface area contributed by atoms with E-state index in [9.17, 15) is 29.1 Å². The van der Waals surface area contributed by atoms with Crippen LogP contribution in [0.4, 0.5) is 0 Å². The number of amides is 3. The minimum absolute atomic E-state index is 0.143. The van der Waals surface area contributed by atoms with Crippen molar-refractivity contribution in [1.29, 1.82) is 0 Å². The third kappa shape index (κ3) is 12.7. The van der Waals surface area contributed by atoms with Crippen molar-refractivity contribution in [2.75, 3.05) is 32.8 Å². The van der Waals surface area contributed by atoms with Crippen molar-refractivity contribution in [2.24, 2.45) is 11.8 Å². The fraction of sp³-hybridized carbons (Fsp3) is 0.828.